The van der Waals surface area contributed by atoms with E-state index in [1.54, 1.807) is 31.4 Å². The maximum absolute atomic E-state index is 12.1. The van der Waals surface area contributed by atoms with E-state index in [9.17, 15) is 4.79 Å². The van der Waals surface area contributed by atoms with Crippen LogP contribution in [0.1, 0.15) is 11.1 Å². The van der Waals surface area contributed by atoms with Crippen molar-refractivity contribution in [1.82, 2.24) is 0 Å². The first-order valence-corrected chi connectivity index (χ1v) is 7.71. The summed E-state index contributed by atoms with van der Waals surface area (Å²) in [6, 6.07) is 14.6. The first-order chi connectivity index (χ1) is 12.2. The number of nitrogens with zero attached hydrogens (tertiary/aromatic N) is 1. The first kappa shape index (κ1) is 16.5. The number of cyclic esters (lactones) is 1. The van der Waals surface area contributed by atoms with Crippen LogP contribution >= 0.6 is 0 Å². The Kier molecular flexibility index (Phi) is 4.95. The fourth-order valence-corrected chi connectivity index (χ4v) is 2.31. The van der Waals surface area contributed by atoms with Crippen molar-refractivity contribution in [2.24, 2.45) is 4.99 Å². The van der Waals surface area contributed by atoms with Crippen molar-refractivity contribution in [3.8, 4) is 11.5 Å². The van der Waals surface area contributed by atoms with E-state index in [4.69, 9.17) is 14.2 Å². The Labute approximate surface area is 145 Å². The van der Waals surface area contributed by atoms with Gasteiger partial charge in [-0.2, -0.15) is 0 Å². The molecule has 5 nitrogen and oxygen atoms in total. The topological polar surface area (TPSA) is 57.1 Å². The van der Waals surface area contributed by atoms with E-state index in [-0.39, 0.29) is 5.70 Å². The molecule has 25 heavy (non-hydrogen) atoms. The van der Waals surface area contributed by atoms with Gasteiger partial charge in [0, 0.05) is 5.56 Å². The third-order valence-electron chi connectivity index (χ3n) is 3.49. The summed E-state index contributed by atoms with van der Waals surface area (Å²) in [5.74, 6) is 0.987. The van der Waals surface area contributed by atoms with E-state index in [0.29, 0.717) is 24.0 Å². The molecule has 126 valence electrons. The molecule has 1 aliphatic rings. The summed E-state index contributed by atoms with van der Waals surface area (Å²) in [5, 5.41) is 0. The molecule has 0 saturated heterocycles. The molecule has 5 heteroatoms. The second-order valence-corrected chi connectivity index (χ2v) is 5.21. The number of rotatable bonds is 6. The number of methoxy groups -OCH3 is 1. The van der Waals surface area contributed by atoms with Crippen LogP contribution in [-0.2, 0) is 9.53 Å². The molecule has 2 aromatic rings. The molecule has 0 amide bonds. The molecule has 0 unspecified atom stereocenters. The summed E-state index contributed by atoms with van der Waals surface area (Å²) in [6.07, 6.45) is 3.31. The Morgan fingerprint density at radius 2 is 1.96 bits per heavy atom. The lowest BCUT2D eigenvalue weighted by Gasteiger charge is -2.09. The lowest BCUT2D eigenvalue weighted by atomic mass is 10.1. The fraction of sp³-hybridized carbons (Fsp3) is 0.100. The highest BCUT2D eigenvalue weighted by Crippen LogP contribution is 2.29. The van der Waals surface area contributed by atoms with Crippen LogP contribution in [0.2, 0.25) is 0 Å². The second kappa shape index (κ2) is 7.49. The Bertz CT molecular complexity index is 853. The number of hydrogen-bond acceptors (Lipinski definition) is 5. The summed E-state index contributed by atoms with van der Waals surface area (Å²) >= 11 is 0. The Hall–Kier alpha value is -3.34. The summed E-state index contributed by atoms with van der Waals surface area (Å²) in [5.41, 5.74) is 1.75. The van der Waals surface area contributed by atoms with Gasteiger partial charge in [0.2, 0.25) is 5.90 Å². The molecule has 0 spiro atoms. The number of aliphatic imine (C=N–C) groups is 1. The van der Waals surface area contributed by atoms with Crippen LogP contribution in [0.5, 0.6) is 11.5 Å². The number of ether oxygens (including phenoxy) is 3. The van der Waals surface area contributed by atoms with Crippen LogP contribution in [0.4, 0.5) is 0 Å². The number of carbonyl (C=O) groups is 1. The van der Waals surface area contributed by atoms with Crippen LogP contribution in [-0.4, -0.2) is 25.6 Å². The minimum atomic E-state index is -0.482. The molecule has 3 rings (SSSR count). The van der Waals surface area contributed by atoms with Gasteiger partial charge in [0.05, 0.1) is 7.11 Å². The second-order valence-electron chi connectivity index (χ2n) is 5.21. The highest BCUT2D eigenvalue weighted by molar-refractivity contribution is 6.12. The van der Waals surface area contributed by atoms with Crippen molar-refractivity contribution in [2.45, 2.75) is 0 Å². The third-order valence-corrected chi connectivity index (χ3v) is 3.49. The van der Waals surface area contributed by atoms with Gasteiger partial charge in [0.25, 0.3) is 0 Å². The van der Waals surface area contributed by atoms with Gasteiger partial charge >= 0.3 is 5.97 Å². The maximum atomic E-state index is 12.1. The molecule has 0 bridgehead atoms. The molecule has 0 radical (unpaired) electrons. The van der Waals surface area contributed by atoms with Crippen LogP contribution < -0.4 is 9.47 Å². The van der Waals surface area contributed by atoms with Gasteiger partial charge in [0.1, 0.15) is 6.61 Å². The van der Waals surface area contributed by atoms with Gasteiger partial charge < -0.3 is 14.2 Å². The van der Waals surface area contributed by atoms with Crippen molar-refractivity contribution in [1.29, 1.82) is 0 Å². The Morgan fingerprint density at radius 3 is 2.68 bits per heavy atom. The Morgan fingerprint density at radius 1 is 1.16 bits per heavy atom. The minimum absolute atomic E-state index is 0.237. The standard InChI is InChI=1S/C20H17NO4/c1-3-11-24-17-10-9-14(13-18(17)23-2)12-16-20(22)25-19(21-16)15-7-5-4-6-8-15/h3-10,12-13H,1,11H2,2H3. The lowest BCUT2D eigenvalue weighted by Crippen LogP contribution is -2.04. The van der Waals surface area contributed by atoms with Gasteiger partial charge in [-0.25, -0.2) is 9.79 Å². The van der Waals surface area contributed by atoms with Crippen molar-refractivity contribution in [2.75, 3.05) is 13.7 Å². The molecule has 0 aliphatic carbocycles. The van der Waals surface area contributed by atoms with E-state index in [0.717, 1.165) is 11.1 Å². The predicted octanol–water partition coefficient (Wildman–Crippen LogP) is 3.60. The quantitative estimate of drug-likeness (QED) is 0.460. The molecule has 0 aromatic heterocycles. The maximum Gasteiger partial charge on any atom is 0.363 e. The van der Waals surface area contributed by atoms with Gasteiger partial charge in [0.15, 0.2) is 17.2 Å². The predicted molar refractivity (Wildman–Crippen MR) is 95.7 cm³/mol. The minimum Gasteiger partial charge on any atom is -0.493 e. The van der Waals surface area contributed by atoms with Crippen molar-refractivity contribution < 1.29 is 19.0 Å². The molecule has 0 fully saturated rings. The smallest absolute Gasteiger partial charge is 0.363 e. The van der Waals surface area contributed by atoms with E-state index in [1.165, 1.54) is 0 Å². The zero-order valence-corrected chi connectivity index (χ0v) is 13.8. The van der Waals surface area contributed by atoms with Gasteiger partial charge in [-0.3, -0.25) is 0 Å². The monoisotopic (exact) mass is 335 g/mol. The lowest BCUT2D eigenvalue weighted by molar-refractivity contribution is -0.129. The van der Waals surface area contributed by atoms with Crippen molar-refractivity contribution in [3.05, 3.63) is 78.0 Å². The molecule has 2 aromatic carbocycles. The van der Waals surface area contributed by atoms with Crippen LogP contribution in [0.15, 0.2) is 71.9 Å². The normalized spacial score (nSPS) is 14.8. The molecule has 1 aliphatic heterocycles. The number of esters is 1. The van der Waals surface area contributed by atoms with Gasteiger partial charge in [-0.1, -0.05) is 36.9 Å². The molecule has 0 saturated carbocycles. The zero-order chi connectivity index (χ0) is 17.6. The molecular weight excluding hydrogens is 318 g/mol. The summed E-state index contributed by atoms with van der Waals surface area (Å²) < 4.78 is 16.1. The summed E-state index contributed by atoms with van der Waals surface area (Å²) in [7, 11) is 1.56. The Balaban J connectivity index is 1.88. The highest BCUT2D eigenvalue weighted by atomic mass is 16.6. The first-order valence-electron chi connectivity index (χ1n) is 7.71. The van der Waals surface area contributed by atoms with Crippen LogP contribution in [0.25, 0.3) is 6.08 Å². The van der Waals surface area contributed by atoms with Crippen molar-refractivity contribution >= 4 is 17.9 Å². The number of benzene rings is 2. The number of carbonyl (C=O) groups excluding carboxylic acids is 1. The van der Waals surface area contributed by atoms with E-state index in [2.05, 4.69) is 11.6 Å². The zero-order valence-electron chi connectivity index (χ0n) is 13.8. The molecule has 1 heterocycles. The molecular formula is C20H17NO4. The average Bonchev–Trinajstić information content (AvgIpc) is 3.02. The molecule has 0 N–H and O–H groups in total. The van der Waals surface area contributed by atoms with Gasteiger partial charge in [-0.15, -0.1) is 0 Å². The van der Waals surface area contributed by atoms with Crippen LogP contribution in [0, 0.1) is 0 Å². The van der Waals surface area contributed by atoms with E-state index < -0.39 is 5.97 Å². The largest absolute Gasteiger partial charge is 0.493 e. The number of hydrogen-bond donors (Lipinski definition) is 0. The average molecular weight is 335 g/mol. The SMILES string of the molecule is C=CCOc1ccc(C=C2N=C(c3ccccc3)OC2=O)cc1OC. The summed E-state index contributed by atoms with van der Waals surface area (Å²) in [6.45, 7) is 4.00. The van der Waals surface area contributed by atoms with E-state index >= 15 is 0 Å². The highest BCUT2D eigenvalue weighted by Gasteiger charge is 2.24. The molecule has 0 atom stereocenters. The van der Waals surface area contributed by atoms with Crippen LogP contribution in [0.3, 0.4) is 0 Å². The van der Waals surface area contributed by atoms with E-state index in [1.807, 2.05) is 36.4 Å². The van der Waals surface area contributed by atoms with Gasteiger partial charge in [-0.05, 0) is 35.9 Å². The third kappa shape index (κ3) is 3.77. The summed E-state index contributed by atoms with van der Waals surface area (Å²) in [4.78, 5) is 16.3. The fourth-order valence-electron chi connectivity index (χ4n) is 2.31. The van der Waals surface area contributed by atoms with Crippen molar-refractivity contribution in [3.63, 3.8) is 0 Å².